The van der Waals surface area contributed by atoms with Gasteiger partial charge in [0.15, 0.2) is 0 Å². The molecule has 0 fully saturated rings. The minimum absolute atomic E-state index is 0.891. The van der Waals surface area contributed by atoms with Crippen molar-refractivity contribution in [3.05, 3.63) is 83.7 Å². The molecule has 2 heterocycles. The zero-order chi connectivity index (χ0) is 20.0. The number of nitrogens with one attached hydrogen (secondary N) is 2. The molecule has 0 aliphatic carbocycles. The molecule has 2 aromatic heterocycles. The van der Waals surface area contributed by atoms with Crippen LogP contribution in [0.15, 0.2) is 72.5 Å². The number of fused-ring (bicyclic) bond motifs is 6. The lowest BCUT2D eigenvalue weighted by Gasteiger charge is -2.05. The summed E-state index contributed by atoms with van der Waals surface area (Å²) in [4.78, 5) is 12.0. The second-order valence-corrected chi connectivity index (χ2v) is 7.74. The average Bonchev–Trinajstić information content (AvgIpc) is 3.32. The number of allylic oxidation sites excluding steroid dienone is 3. The first-order valence-corrected chi connectivity index (χ1v) is 9.92. The molecule has 5 rings (SSSR count). The second-order valence-electron chi connectivity index (χ2n) is 7.74. The third kappa shape index (κ3) is 2.87. The number of aromatic amines is 2. The molecule has 29 heavy (non-hydrogen) atoms. The Hall–Kier alpha value is -3.59. The average molecular weight is 377 g/mol. The van der Waals surface area contributed by atoms with Gasteiger partial charge in [-0.15, -0.1) is 0 Å². The molecule has 3 nitrogen and oxygen atoms in total. The Kier molecular flexibility index (Phi) is 4.09. The maximum Gasteiger partial charge on any atom is 0.140 e. The predicted octanol–water partition coefficient (Wildman–Crippen LogP) is 7.15. The molecular weight excluding hydrogens is 354 g/mol. The van der Waals surface area contributed by atoms with E-state index in [2.05, 4.69) is 97.5 Å². The summed E-state index contributed by atoms with van der Waals surface area (Å²) in [6.07, 6.45) is 8.41. The van der Waals surface area contributed by atoms with Crippen LogP contribution in [0.4, 0.5) is 0 Å². The van der Waals surface area contributed by atoms with Gasteiger partial charge in [-0.2, -0.15) is 0 Å². The van der Waals surface area contributed by atoms with Crippen LogP contribution in [0.2, 0.25) is 0 Å². The summed E-state index contributed by atoms with van der Waals surface area (Å²) >= 11 is 0. The highest BCUT2D eigenvalue weighted by Crippen LogP contribution is 2.36. The fourth-order valence-electron chi connectivity index (χ4n) is 4.04. The zero-order valence-corrected chi connectivity index (χ0v) is 16.9. The maximum absolute atomic E-state index is 5.05. The molecule has 0 radical (unpaired) electrons. The normalized spacial score (nSPS) is 11.8. The van der Waals surface area contributed by atoms with Crippen molar-refractivity contribution in [2.45, 2.75) is 20.8 Å². The van der Waals surface area contributed by atoms with Gasteiger partial charge in [0.05, 0.1) is 11.0 Å². The van der Waals surface area contributed by atoms with Gasteiger partial charge in [0.25, 0.3) is 0 Å². The summed E-state index contributed by atoms with van der Waals surface area (Å²) in [5.74, 6) is 0.891. The van der Waals surface area contributed by atoms with E-state index < -0.39 is 0 Å². The van der Waals surface area contributed by atoms with E-state index in [1.807, 2.05) is 6.20 Å². The lowest BCUT2D eigenvalue weighted by Crippen LogP contribution is -1.82. The van der Waals surface area contributed by atoms with Crippen molar-refractivity contribution in [2.75, 3.05) is 0 Å². The van der Waals surface area contributed by atoms with Crippen molar-refractivity contribution in [1.82, 2.24) is 15.0 Å². The molecule has 142 valence electrons. The first-order valence-electron chi connectivity index (χ1n) is 9.92. The van der Waals surface area contributed by atoms with Gasteiger partial charge in [0.2, 0.25) is 0 Å². The van der Waals surface area contributed by atoms with Crippen molar-refractivity contribution in [3.63, 3.8) is 0 Å². The number of hydrogen-bond acceptors (Lipinski definition) is 1. The van der Waals surface area contributed by atoms with E-state index in [9.17, 15) is 0 Å². The van der Waals surface area contributed by atoms with Gasteiger partial charge >= 0.3 is 0 Å². The molecule has 0 aliphatic heterocycles. The molecule has 5 aromatic rings. The number of H-pyrrole nitrogens is 2. The van der Waals surface area contributed by atoms with Crippen molar-refractivity contribution < 1.29 is 0 Å². The van der Waals surface area contributed by atoms with Crippen molar-refractivity contribution in [2.24, 2.45) is 0 Å². The molecule has 0 saturated heterocycles. The molecular formula is C26H23N3. The van der Waals surface area contributed by atoms with Crippen LogP contribution >= 0.6 is 0 Å². The Balaban J connectivity index is 1.79. The van der Waals surface area contributed by atoms with Gasteiger partial charge in [0.1, 0.15) is 5.82 Å². The Labute approximate surface area is 169 Å². The number of imidazole rings is 1. The molecule has 0 unspecified atom stereocenters. The fourth-order valence-corrected chi connectivity index (χ4v) is 4.04. The summed E-state index contributed by atoms with van der Waals surface area (Å²) in [6.45, 7) is 6.30. The molecule has 0 atom stereocenters. The number of nitrogens with zero attached hydrogens (tertiary/aromatic N) is 1. The molecule has 0 spiro atoms. The van der Waals surface area contributed by atoms with Crippen molar-refractivity contribution >= 4 is 38.7 Å². The van der Waals surface area contributed by atoms with E-state index in [4.69, 9.17) is 4.98 Å². The van der Waals surface area contributed by atoms with Crippen LogP contribution in [0.25, 0.3) is 50.0 Å². The molecule has 0 aliphatic rings. The quantitative estimate of drug-likeness (QED) is 0.254. The third-order valence-corrected chi connectivity index (χ3v) is 5.45. The van der Waals surface area contributed by atoms with Crippen LogP contribution in [0.1, 0.15) is 25.1 Å². The van der Waals surface area contributed by atoms with E-state index in [1.165, 1.54) is 27.1 Å². The highest BCUT2D eigenvalue weighted by atomic mass is 14.9. The Morgan fingerprint density at radius 2 is 1.55 bits per heavy atom. The monoisotopic (exact) mass is 377 g/mol. The SMILES string of the molecule is CC(C)=C/C=C\c1c(-c2nc3c4ccccc4c4ccccc4c3[nH]2)c[nH]c1C. The summed E-state index contributed by atoms with van der Waals surface area (Å²) in [7, 11) is 0. The number of rotatable bonds is 3. The minimum Gasteiger partial charge on any atom is -0.364 e. The van der Waals surface area contributed by atoms with Crippen LogP contribution < -0.4 is 0 Å². The topological polar surface area (TPSA) is 44.5 Å². The standard InChI is InChI=1S/C26H23N3/c1-16(2)9-8-14-18-17(3)27-15-23(18)26-28-24-21-12-6-4-10-19(21)20-11-5-7-13-22(20)25(24)29-26/h4-15,27H,1-3H3,(H,28,29)/b14-8-. The van der Waals surface area contributed by atoms with Crippen molar-refractivity contribution in [1.29, 1.82) is 0 Å². The lowest BCUT2D eigenvalue weighted by molar-refractivity contribution is 1.26. The highest BCUT2D eigenvalue weighted by Gasteiger charge is 2.16. The van der Waals surface area contributed by atoms with Crippen LogP contribution in [-0.4, -0.2) is 15.0 Å². The van der Waals surface area contributed by atoms with E-state index in [-0.39, 0.29) is 0 Å². The van der Waals surface area contributed by atoms with Crippen LogP contribution in [-0.2, 0) is 0 Å². The van der Waals surface area contributed by atoms with Gasteiger partial charge in [-0.25, -0.2) is 4.98 Å². The first-order chi connectivity index (χ1) is 14.1. The van der Waals surface area contributed by atoms with E-state index in [0.29, 0.717) is 0 Å². The molecule has 0 bridgehead atoms. The van der Waals surface area contributed by atoms with Crippen LogP contribution in [0.3, 0.4) is 0 Å². The zero-order valence-electron chi connectivity index (χ0n) is 16.9. The van der Waals surface area contributed by atoms with E-state index in [0.717, 1.165) is 33.7 Å². The maximum atomic E-state index is 5.05. The molecule has 3 aromatic carbocycles. The predicted molar refractivity (Wildman–Crippen MR) is 124 cm³/mol. The Morgan fingerprint density at radius 1 is 0.897 bits per heavy atom. The number of aromatic nitrogens is 3. The fraction of sp³-hybridized carbons (Fsp3) is 0.115. The highest BCUT2D eigenvalue weighted by molar-refractivity contribution is 6.23. The number of benzene rings is 3. The van der Waals surface area contributed by atoms with Crippen LogP contribution in [0, 0.1) is 6.92 Å². The van der Waals surface area contributed by atoms with Gasteiger partial charge in [-0.1, -0.05) is 72.3 Å². The van der Waals surface area contributed by atoms with Gasteiger partial charge in [-0.3, -0.25) is 0 Å². The lowest BCUT2D eigenvalue weighted by atomic mass is 10.0. The van der Waals surface area contributed by atoms with Gasteiger partial charge in [0, 0.05) is 33.8 Å². The molecule has 0 amide bonds. The molecule has 3 heteroatoms. The number of aryl methyl sites for hydroxylation is 1. The molecule has 2 N–H and O–H groups in total. The Morgan fingerprint density at radius 3 is 2.28 bits per heavy atom. The van der Waals surface area contributed by atoms with E-state index in [1.54, 1.807) is 0 Å². The second kappa shape index (κ2) is 6.78. The first kappa shape index (κ1) is 17.5. The largest absolute Gasteiger partial charge is 0.364 e. The van der Waals surface area contributed by atoms with Crippen molar-refractivity contribution in [3.8, 4) is 11.4 Å². The van der Waals surface area contributed by atoms with Gasteiger partial charge in [-0.05, 0) is 31.5 Å². The van der Waals surface area contributed by atoms with Crippen LogP contribution in [0.5, 0.6) is 0 Å². The summed E-state index contributed by atoms with van der Waals surface area (Å²) in [5, 5.41) is 4.87. The Bertz CT molecular complexity index is 1350. The summed E-state index contributed by atoms with van der Waals surface area (Å²) in [5.41, 5.74) is 6.77. The third-order valence-electron chi connectivity index (χ3n) is 5.45. The smallest absolute Gasteiger partial charge is 0.140 e. The van der Waals surface area contributed by atoms with E-state index >= 15 is 0 Å². The minimum atomic E-state index is 0.891. The number of hydrogen-bond donors (Lipinski definition) is 2. The summed E-state index contributed by atoms with van der Waals surface area (Å²) in [6, 6.07) is 17.1. The summed E-state index contributed by atoms with van der Waals surface area (Å²) < 4.78 is 0. The molecule has 0 saturated carbocycles. The van der Waals surface area contributed by atoms with Gasteiger partial charge < -0.3 is 9.97 Å².